The predicted molar refractivity (Wildman–Crippen MR) is 177 cm³/mol. The number of carbonyl (C=O) groups is 2. The highest BCUT2D eigenvalue weighted by molar-refractivity contribution is 7.98. The smallest absolute Gasteiger partial charge is 0.297 e. The molecule has 5 rings (SSSR count). The maximum absolute atomic E-state index is 13.6. The Labute approximate surface area is 269 Å². The molecule has 1 aromatic heterocycles. The van der Waals surface area contributed by atoms with E-state index in [9.17, 15) is 9.59 Å². The topological polar surface area (TPSA) is 77.5 Å². The molecule has 2 aromatic carbocycles. The van der Waals surface area contributed by atoms with Crippen LogP contribution in [0.1, 0.15) is 40.1 Å². The van der Waals surface area contributed by atoms with Crippen LogP contribution in [0.2, 0.25) is 0 Å². The number of morpholine rings is 2. The third-order valence-electron chi connectivity index (χ3n) is 8.26. The summed E-state index contributed by atoms with van der Waals surface area (Å²) < 4.78 is 22.1. The molecule has 0 unspecified atom stereocenters. The van der Waals surface area contributed by atoms with Gasteiger partial charge < -0.3 is 18.9 Å². The fourth-order valence-electron chi connectivity index (χ4n) is 5.66. The molecule has 0 atom stereocenters. The normalized spacial score (nSPS) is 16.7. The molecule has 2 fully saturated rings. The average molecular weight is 641 g/mol. The van der Waals surface area contributed by atoms with E-state index < -0.39 is 11.4 Å². The van der Waals surface area contributed by atoms with Gasteiger partial charge in [0.2, 0.25) is 5.78 Å². The molecule has 3 heterocycles. The Morgan fingerprint density at radius 2 is 1.41 bits per heavy atom. The molecule has 10 heteroatoms. The second-order valence-electron chi connectivity index (χ2n) is 11.1. The molecule has 2 saturated heterocycles. The number of methoxy groups -OCH3 is 2. The van der Waals surface area contributed by atoms with Crippen molar-refractivity contribution >= 4 is 34.7 Å². The number of hydrogen-bond acceptors (Lipinski definition) is 10. The Kier molecular flexibility index (Phi) is 12.3. The lowest BCUT2D eigenvalue weighted by Gasteiger charge is -2.41. The van der Waals surface area contributed by atoms with Crippen LogP contribution in [0, 0.1) is 6.92 Å². The lowest BCUT2D eigenvalue weighted by atomic mass is 9.91. The van der Waals surface area contributed by atoms with Gasteiger partial charge in [0.15, 0.2) is 5.78 Å². The molecule has 44 heavy (non-hydrogen) atoms. The molecule has 0 amide bonds. The molecule has 0 saturated carbocycles. The van der Waals surface area contributed by atoms with E-state index in [4.69, 9.17) is 18.9 Å². The van der Waals surface area contributed by atoms with Crippen molar-refractivity contribution in [3.05, 3.63) is 76.7 Å². The van der Waals surface area contributed by atoms with Gasteiger partial charge in [0.25, 0.3) is 5.91 Å². The third-order valence-corrected chi connectivity index (χ3v) is 9.89. The fraction of sp³-hybridized carbons (Fsp3) is 0.471. The molecular weight excluding hydrogens is 597 g/mol. The summed E-state index contributed by atoms with van der Waals surface area (Å²) in [7, 11) is 3.02. The summed E-state index contributed by atoms with van der Waals surface area (Å²) in [6.07, 6.45) is 2.04. The highest BCUT2D eigenvalue weighted by atomic mass is 32.2. The number of ketones is 2. The van der Waals surface area contributed by atoms with Crippen LogP contribution < -0.4 is 0 Å². The van der Waals surface area contributed by atoms with Crippen LogP contribution in [0.5, 0.6) is 0 Å². The van der Waals surface area contributed by atoms with Gasteiger partial charge in [0, 0.05) is 66.9 Å². The van der Waals surface area contributed by atoms with Gasteiger partial charge in [-0.2, -0.15) is 0 Å². The van der Waals surface area contributed by atoms with E-state index in [0.29, 0.717) is 45.1 Å². The lowest BCUT2D eigenvalue weighted by molar-refractivity contribution is -0.267. The number of carbonyl (C=O) groups excluding carboxylic acids is 2. The summed E-state index contributed by atoms with van der Waals surface area (Å²) in [6, 6.07) is 17.6. The van der Waals surface area contributed by atoms with Gasteiger partial charge in [0.05, 0.1) is 32.0 Å². The molecule has 2 aliphatic rings. The van der Waals surface area contributed by atoms with E-state index in [-0.39, 0.29) is 11.6 Å². The fourth-order valence-corrected chi connectivity index (χ4v) is 6.92. The molecular formula is C34H44N2O6S2. The zero-order valence-corrected chi connectivity index (χ0v) is 28.2. The van der Waals surface area contributed by atoms with Gasteiger partial charge in [-0.3, -0.25) is 14.5 Å². The quantitative estimate of drug-likeness (QED) is 0.153. The van der Waals surface area contributed by atoms with Gasteiger partial charge in [-0.15, -0.1) is 23.1 Å². The predicted octanol–water partition coefficient (Wildman–Crippen LogP) is 5.89. The molecule has 3 aromatic rings. The first-order valence-corrected chi connectivity index (χ1v) is 16.9. The monoisotopic (exact) mass is 640 g/mol. The van der Waals surface area contributed by atoms with Crippen molar-refractivity contribution in [3.8, 4) is 10.4 Å². The average Bonchev–Trinajstić information content (AvgIpc) is 3.61. The molecule has 0 bridgehead atoms. The Morgan fingerprint density at radius 3 is 1.93 bits per heavy atom. The SMILES string of the molecule is COC(OC)(C(=O)c1cccc(C)c1-c1cccs1)N1CCOCC1.CSc1ccc(C(=O)C(C)(C)N2CCOCC2)cc1. The summed E-state index contributed by atoms with van der Waals surface area (Å²) in [6.45, 7) is 11.3. The minimum Gasteiger partial charge on any atom is -0.379 e. The number of benzene rings is 2. The van der Waals surface area contributed by atoms with Gasteiger partial charge in [-0.25, -0.2) is 4.90 Å². The van der Waals surface area contributed by atoms with Crippen LogP contribution in [-0.4, -0.2) is 106 Å². The lowest BCUT2D eigenvalue weighted by Crippen LogP contribution is -2.60. The Hall–Kier alpha value is -2.41. The van der Waals surface area contributed by atoms with Crippen LogP contribution in [0.4, 0.5) is 0 Å². The highest BCUT2D eigenvalue weighted by Crippen LogP contribution is 2.35. The molecule has 0 spiro atoms. The standard InChI is InChI=1S/C19H23NO4S.C15H21NO2S/c1-14-6-4-7-15(17(14)16-8-5-13-25-16)18(21)19(22-2,23-3)20-9-11-24-12-10-20;1-15(2,16-8-10-18-11-9-16)14(17)12-4-6-13(19-3)7-5-12/h4-8,13H,9-12H2,1-3H3;4-7H,8-11H2,1-3H3. The van der Waals surface area contributed by atoms with Gasteiger partial charge in [-0.1, -0.05) is 36.4 Å². The van der Waals surface area contributed by atoms with Crippen LogP contribution in [0.25, 0.3) is 10.4 Å². The van der Waals surface area contributed by atoms with Crippen molar-refractivity contribution in [1.82, 2.24) is 9.80 Å². The van der Waals surface area contributed by atoms with Crippen molar-refractivity contribution in [2.45, 2.75) is 37.1 Å². The first-order valence-electron chi connectivity index (χ1n) is 14.8. The van der Waals surface area contributed by atoms with Gasteiger partial charge >= 0.3 is 0 Å². The van der Waals surface area contributed by atoms with Crippen molar-refractivity contribution in [1.29, 1.82) is 0 Å². The molecule has 238 valence electrons. The van der Waals surface area contributed by atoms with Crippen LogP contribution >= 0.6 is 23.1 Å². The first kappa shape index (κ1) is 34.5. The Balaban J connectivity index is 0.000000209. The first-order chi connectivity index (χ1) is 21.2. The Morgan fingerprint density at radius 1 is 0.818 bits per heavy atom. The van der Waals surface area contributed by atoms with E-state index in [1.807, 2.05) is 91.9 Å². The van der Waals surface area contributed by atoms with Gasteiger partial charge in [0.1, 0.15) is 0 Å². The summed E-state index contributed by atoms with van der Waals surface area (Å²) in [5, 5.41) is 2.01. The summed E-state index contributed by atoms with van der Waals surface area (Å²) >= 11 is 3.30. The van der Waals surface area contributed by atoms with Crippen molar-refractivity contribution in [2.24, 2.45) is 0 Å². The minimum atomic E-state index is -1.44. The molecule has 0 radical (unpaired) electrons. The number of hydrogen-bond donors (Lipinski definition) is 0. The zero-order valence-electron chi connectivity index (χ0n) is 26.6. The molecule has 8 nitrogen and oxygen atoms in total. The number of ether oxygens (including phenoxy) is 4. The number of rotatable bonds is 10. The molecule has 2 aliphatic heterocycles. The largest absolute Gasteiger partial charge is 0.379 e. The molecule has 0 N–H and O–H groups in total. The highest BCUT2D eigenvalue weighted by Gasteiger charge is 2.47. The van der Waals surface area contributed by atoms with Crippen molar-refractivity contribution in [3.63, 3.8) is 0 Å². The number of thioether (sulfide) groups is 1. The van der Waals surface area contributed by atoms with Crippen LogP contribution in [-0.2, 0) is 18.9 Å². The number of aryl methyl sites for hydroxylation is 1. The second-order valence-corrected chi connectivity index (χ2v) is 12.9. The van der Waals surface area contributed by atoms with Crippen LogP contribution in [0.3, 0.4) is 0 Å². The Bertz CT molecular complexity index is 1360. The summed E-state index contributed by atoms with van der Waals surface area (Å²) in [4.78, 5) is 32.6. The summed E-state index contributed by atoms with van der Waals surface area (Å²) in [5.74, 6) is -1.45. The van der Waals surface area contributed by atoms with Crippen molar-refractivity contribution in [2.75, 3.05) is 73.1 Å². The van der Waals surface area contributed by atoms with Crippen molar-refractivity contribution < 1.29 is 28.5 Å². The second kappa shape index (κ2) is 15.7. The third kappa shape index (κ3) is 7.51. The summed E-state index contributed by atoms with van der Waals surface area (Å²) in [5.41, 5.74) is 2.92. The number of nitrogens with zero attached hydrogens (tertiary/aromatic N) is 2. The number of thiophene rings is 1. The van der Waals surface area contributed by atoms with E-state index >= 15 is 0 Å². The van der Waals surface area contributed by atoms with E-state index in [1.165, 1.54) is 19.1 Å². The van der Waals surface area contributed by atoms with E-state index in [1.54, 1.807) is 23.1 Å². The van der Waals surface area contributed by atoms with Crippen LogP contribution in [0.15, 0.2) is 64.9 Å². The maximum Gasteiger partial charge on any atom is 0.297 e. The molecule has 0 aliphatic carbocycles. The van der Waals surface area contributed by atoms with E-state index in [2.05, 4.69) is 4.90 Å². The van der Waals surface area contributed by atoms with E-state index in [0.717, 1.165) is 34.7 Å². The minimum absolute atomic E-state index is 0.182. The zero-order chi connectivity index (χ0) is 31.7. The maximum atomic E-state index is 13.6. The van der Waals surface area contributed by atoms with Gasteiger partial charge in [-0.05, 0) is 56.2 Å². The number of Topliss-reactive ketones (excluding diaryl/α,β-unsaturated/α-hetero) is 2.